The van der Waals surface area contributed by atoms with Gasteiger partial charge in [-0.05, 0) is 37.6 Å². The minimum Gasteiger partial charge on any atom is -0.426 e. The van der Waals surface area contributed by atoms with Crippen molar-refractivity contribution >= 4 is 16.9 Å². The molecule has 0 N–H and O–H groups in total. The highest BCUT2D eigenvalue weighted by atomic mass is 16.5. The molecule has 4 nitrogen and oxygen atoms in total. The van der Waals surface area contributed by atoms with Gasteiger partial charge in [0.25, 0.3) is 0 Å². The molecular formula is C24H20N2O2. The second-order valence-electron chi connectivity index (χ2n) is 6.82. The van der Waals surface area contributed by atoms with Gasteiger partial charge in [-0.1, -0.05) is 54.1 Å². The molecule has 0 aliphatic carbocycles. The highest BCUT2D eigenvalue weighted by Gasteiger charge is 2.17. The summed E-state index contributed by atoms with van der Waals surface area (Å²) in [5.41, 5.74) is 5.59. The molecule has 1 heterocycles. The van der Waals surface area contributed by atoms with Crippen molar-refractivity contribution in [1.29, 1.82) is 0 Å². The lowest BCUT2D eigenvalue weighted by Gasteiger charge is -2.14. The number of hydrogen-bond donors (Lipinski definition) is 0. The molecule has 0 radical (unpaired) electrons. The fourth-order valence-corrected chi connectivity index (χ4v) is 3.37. The Balaban J connectivity index is 2.02. The first-order chi connectivity index (χ1) is 13.5. The third kappa shape index (κ3) is 3.37. The van der Waals surface area contributed by atoms with Crippen molar-refractivity contribution in [2.75, 3.05) is 0 Å². The Labute approximate surface area is 163 Å². The van der Waals surface area contributed by atoms with Gasteiger partial charge in [0.1, 0.15) is 5.75 Å². The number of rotatable bonds is 3. The van der Waals surface area contributed by atoms with Gasteiger partial charge in [-0.3, -0.25) is 4.79 Å². The van der Waals surface area contributed by atoms with Crippen LogP contribution in [0.15, 0.2) is 66.7 Å². The molecule has 0 atom stereocenters. The van der Waals surface area contributed by atoms with Crippen LogP contribution in [0.5, 0.6) is 5.75 Å². The molecule has 4 aromatic rings. The molecule has 0 unspecified atom stereocenters. The van der Waals surface area contributed by atoms with E-state index in [9.17, 15) is 4.79 Å². The molecule has 0 amide bonds. The second-order valence-corrected chi connectivity index (χ2v) is 6.82. The standard InChI is InChI=1S/C24H20N2O2/c1-15-8-6-10-18(14-15)23-19-11-4-5-12-20(19)25-24(26-23)22-16(2)9-7-13-21(22)28-17(3)27/h4-14H,1-3H3. The predicted molar refractivity (Wildman–Crippen MR) is 111 cm³/mol. The van der Waals surface area contributed by atoms with E-state index < -0.39 is 0 Å². The van der Waals surface area contributed by atoms with E-state index in [0.717, 1.165) is 33.3 Å². The van der Waals surface area contributed by atoms with Gasteiger partial charge >= 0.3 is 5.97 Å². The van der Waals surface area contributed by atoms with Crippen LogP contribution in [0.2, 0.25) is 0 Å². The third-order valence-electron chi connectivity index (χ3n) is 4.61. The minimum absolute atomic E-state index is 0.369. The quantitative estimate of drug-likeness (QED) is 0.354. The molecule has 1 aromatic heterocycles. The zero-order valence-electron chi connectivity index (χ0n) is 16.1. The molecule has 4 rings (SSSR count). The fraction of sp³-hybridized carbons (Fsp3) is 0.125. The zero-order valence-corrected chi connectivity index (χ0v) is 16.1. The largest absolute Gasteiger partial charge is 0.426 e. The summed E-state index contributed by atoms with van der Waals surface area (Å²) in [7, 11) is 0. The van der Waals surface area contributed by atoms with Crippen LogP contribution in [0.1, 0.15) is 18.1 Å². The van der Waals surface area contributed by atoms with E-state index in [-0.39, 0.29) is 5.97 Å². The van der Waals surface area contributed by atoms with E-state index in [1.165, 1.54) is 12.5 Å². The van der Waals surface area contributed by atoms with E-state index in [2.05, 4.69) is 25.1 Å². The van der Waals surface area contributed by atoms with Gasteiger partial charge in [0.15, 0.2) is 5.82 Å². The van der Waals surface area contributed by atoms with Gasteiger partial charge < -0.3 is 4.74 Å². The van der Waals surface area contributed by atoms with E-state index in [1.54, 1.807) is 6.07 Å². The monoisotopic (exact) mass is 368 g/mol. The summed E-state index contributed by atoms with van der Waals surface area (Å²) in [5, 5.41) is 0.986. The van der Waals surface area contributed by atoms with E-state index in [0.29, 0.717) is 11.6 Å². The number of esters is 1. The normalized spacial score (nSPS) is 10.8. The smallest absolute Gasteiger partial charge is 0.308 e. The highest BCUT2D eigenvalue weighted by molar-refractivity contribution is 5.94. The van der Waals surface area contributed by atoms with Crippen molar-refractivity contribution in [3.63, 3.8) is 0 Å². The highest BCUT2D eigenvalue weighted by Crippen LogP contribution is 2.35. The number of aromatic nitrogens is 2. The molecule has 0 aliphatic rings. The molecule has 0 fully saturated rings. The molecule has 3 aromatic carbocycles. The Morgan fingerprint density at radius 1 is 0.893 bits per heavy atom. The molecule has 138 valence electrons. The average molecular weight is 368 g/mol. The average Bonchev–Trinajstić information content (AvgIpc) is 2.67. The fourth-order valence-electron chi connectivity index (χ4n) is 3.37. The Hall–Kier alpha value is -3.53. The molecule has 28 heavy (non-hydrogen) atoms. The first kappa shape index (κ1) is 17.9. The lowest BCUT2D eigenvalue weighted by molar-refractivity contribution is -0.131. The van der Waals surface area contributed by atoms with Gasteiger partial charge in [0.05, 0.1) is 16.8 Å². The molecular weight excluding hydrogens is 348 g/mol. The van der Waals surface area contributed by atoms with Crippen molar-refractivity contribution in [1.82, 2.24) is 9.97 Å². The lowest BCUT2D eigenvalue weighted by Crippen LogP contribution is -2.05. The van der Waals surface area contributed by atoms with Crippen molar-refractivity contribution in [3.8, 4) is 28.4 Å². The first-order valence-corrected chi connectivity index (χ1v) is 9.15. The number of carbonyl (C=O) groups excluding carboxylic acids is 1. The first-order valence-electron chi connectivity index (χ1n) is 9.15. The molecule has 4 heteroatoms. The maximum absolute atomic E-state index is 11.6. The van der Waals surface area contributed by atoms with Gasteiger partial charge in [-0.15, -0.1) is 0 Å². The van der Waals surface area contributed by atoms with Crippen LogP contribution >= 0.6 is 0 Å². The van der Waals surface area contributed by atoms with Crippen molar-refractivity contribution < 1.29 is 9.53 Å². The van der Waals surface area contributed by atoms with Crippen LogP contribution in [0.25, 0.3) is 33.5 Å². The number of fused-ring (bicyclic) bond motifs is 1. The third-order valence-corrected chi connectivity index (χ3v) is 4.61. The maximum Gasteiger partial charge on any atom is 0.308 e. The summed E-state index contributed by atoms with van der Waals surface area (Å²) >= 11 is 0. The van der Waals surface area contributed by atoms with E-state index in [4.69, 9.17) is 14.7 Å². The zero-order chi connectivity index (χ0) is 19.7. The number of carbonyl (C=O) groups is 1. The summed E-state index contributed by atoms with van der Waals surface area (Å²) in [6, 6.07) is 21.8. The van der Waals surface area contributed by atoms with Crippen LogP contribution in [-0.2, 0) is 4.79 Å². The number of ether oxygens (including phenoxy) is 1. The number of hydrogen-bond acceptors (Lipinski definition) is 4. The van der Waals surface area contributed by atoms with E-state index in [1.807, 2.05) is 49.4 Å². The minimum atomic E-state index is -0.369. The summed E-state index contributed by atoms with van der Waals surface area (Å²) in [6.45, 7) is 5.42. The van der Waals surface area contributed by atoms with Crippen LogP contribution < -0.4 is 4.74 Å². The Kier molecular flexibility index (Phi) is 4.62. The van der Waals surface area contributed by atoms with Gasteiger partial charge in [-0.2, -0.15) is 0 Å². The number of nitrogens with zero attached hydrogens (tertiary/aromatic N) is 2. The summed E-state index contributed by atoms with van der Waals surface area (Å²) < 4.78 is 5.44. The summed E-state index contributed by atoms with van der Waals surface area (Å²) in [6.07, 6.45) is 0. The SMILES string of the molecule is CC(=O)Oc1cccc(C)c1-c1nc(-c2cccc(C)c2)c2ccccc2n1. The molecule has 0 aliphatic heterocycles. The van der Waals surface area contributed by atoms with Crippen molar-refractivity contribution in [3.05, 3.63) is 77.9 Å². The number of para-hydroxylation sites is 1. The number of aryl methyl sites for hydroxylation is 2. The Morgan fingerprint density at radius 3 is 2.46 bits per heavy atom. The molecule has 0 bridgehead atoms. The van der Waals surface area contributed by atoms with Gasteiger partial charge in [0, 0.05) is 17.9 Å². The maximum atomic E-state index is 11.6. The molecule has 0 saturated heterocycles. The predicted octanol–water partition coefficient (Wildman–Crippen LogP) is 5.51. The second kappa shape index (κ2) is 7.24. The van der Waals surface area contributed by atoms with Crippen molar-refractivity contribution in [2.24, 2.45) is 0 Å². The van der Waals surface area contributed by atoms with Gasteiger partial charge in [-0.25, -0.2) is 9.97 Å². The van der Waals surface area contributed by atoms with Crippen LogP contribution in [-0.4, -0.2) is 15.9 Å². The summed E-state index contributed by atoms with van der Waals surface area (Å²) in [5.74, 6) is 0.647. The van der Waals surface area contributed by atoms with E-state index >= 15 is 0 Å². The Bertz CT molecular complexity index is 1200. The van der Waals surface area contributed by atoms with Crippen LogP contribution in [0, 0.1) is 13.8 Å². The van der Waals surface area contributed by atoms with Crippen LogP contribution in [0.3, 0.4) is 0 Å². The lowest BCUT2D eigenvalue weighted by atomic mass is 10.0. The topological polar surface area (TPSA) is 52.1 Å². The summed E-state index contributed by atoms with van der Waals surface area (Å²) in [4.78, 5) is 21.3. The molecule has 0 spiro atoms. The van der Waals surface area contributed by atoms with Gasteiger partial charge in [0.2, 0.25) is 0 Å². The number of benzene rings is 3. The van der Waals surface area contributed by atoms with Crippen molar-refractivity contribution in [2.45, 2.75) is 20.8 Å². The molecule has 0 saturated carbocycles. The van der Waals surface area contributed by atoms with Crippen LogP contribution in [0.4, 0.5) is 0 Å². The Morgan fingerprint density at radius 2 is 1.68 bits per heavy atom.